The maximum atomic E-state index is 13.1. The number of amides is 2. The summed E-state index contributed by atoms with van der Waals surface area (Å²) in [5.74, 6) is -0.410. The predicted molar refractivity (Wildman–Crippen MR) is 135 cm³/mol. The average molecular weight is 521 g/mol. The Morgan fingerprint density at radius 2 is 1.73 bits per heavy atom. The van der Waals surface area contributed by atoms with E-state index in [2.05, 4.69) is 20.7 Å². The SMILES string of the molecule is O=C(Nc1ccc(Cl)cc1C(=O)Nc1ccc(Cl)cc1)C1=CC=CS(Cn2cncn2)=C1Cl. The third-order valence-electron chi connectivity index (χ3n) is 4.51. The van der Waals surface area contributed by atoms with Gasteiger partial charge in [0.1, 0.15) is 12.7 Å². The van der Waals surface area contributed by atoms with Gasteiger partial charge in [0.05, 0.1) is 27.0 Å². The molecule has 2 N–H and O–H groups in total. The highest BCUT2D eigenvalue weighted by atomic mass is 35.5. The van der Waals surface area contributed by atoms with Crippen molar-refractivity contribution in [3.8, 4) is 0 Å². The highest BCUT2D eigenvalue weighted by Gasteiger charge is 2.21. The van der Waals surface area contributed by atoms with Crippen LogP contribution in [0.1, 0.15) is 10.4 Å². The van der Waals surface area contributed by atoms with Crippen LogP contribution in [-0.2, 0) is 10.7 Å². The van der Waals surface area contributed by atoms with E-state index in [0.717, 1.165) is 0 Å². The quantitative estimate of drug-likeness (QED) is 0.331. The molecule has 0 fully saturated rings. The van der Waals surface area contributed by atoms with Gasteiger partial charge in [-0.1, -0.05) is 40.9 Å². The van der Waals surface area contributed by atoms with Crippen molar-refractivity contribution >= 4 is 72.8 Å². The number of hydrogen-bond acceptors (Lipinski definition) is 4. The number of halogens is 3. The summed E-state index contributed by atoms with van der Waals surface area (Å²) in [7, 11) is -0.552. The summed E-state index contributed by atoms with van der Waals surface area (Å²) in [6.45, 7) is 0. The maximum absolute atomic E-state index is 13.1. The fourth-order valence-electron chi connectivity index (χ4n) is 2.94. The third-order valence-corrected chi connectivity index (χ3v) is 7.50. The lowest BCUT2D eigenvalue weighted by Crippen LogP contribution is -2.22. The van der Waals surface area contributed by atoms with Crippen LogP contribution in [0.5, 0.6) is 0 Å². The first-order valence-electron chi connectivity index (χ1n) is 9.52. The van der Waals surface area contributed by atoms with E-state index in [4.69, 9.17) is 34.8 Å². The first-order valence-corrected chi connectivity index (χ1v) is 12.1. The van der Waals surface area contributed by atoms with Crippen LogP contribution in [0.2, 0.25) is 10.0 Å². The first-order chi connectivity index (χ1) is 15.9. The van der Waals surface area contributed by atoms with Crippen molar-refractivity contribution in [3.05, 3.63) is 93.9 Å². The Hall–Kier alpha value is -2.91. The number of allylic oxidation sites excluding steroid dienone is 2. The molecule has 1 aromatic heterocycles. The van der Waals surface area contributed by atoms with Crippen LogP contribution in [-0.4, -0.2) is 30.9 Å². The number of carbonyl (C=O) groups excluding carboxylic acids is 2. The molecule has 2 heterocycles. The summed E-state index contributed by atoms with van der Waals surface area (Å²) in [6.07, 6.45) is 6.43. The minimum absolute atomic E-state index is 0.204. The average Bonchev–Trinajstić information content (AvgIpc) is 3.31. The van der Waals surface area contributed by atoms with Crippen LogP contribution in [0.4, 0.5) is 11.4 Å². The minimum Gasteiger partial charge on any atom is -0.322 e. The van der Waals surface area contributed by atoms with E-state index >= 15 is 0 Å². The second kappa shape index (κ2) is 10.4. The fourth-order valence-corrected chi connectivity index (χ4v) is 5.13. The van der Waals surface area contributed by atoms with Gasteiger partial charge in [-0.25, -0.2) is 9.67 Å². The zero-order chi connectivity index (χ0) is 23.4. The summed E-state index contributed by atoms with van der Waals surface area (Å²) in [4.78, 5) is 29.9. The van der Waals surface area contributed by atoms with Crippen molar-refractivity contribution in [1.82, 2.24) is 14.8 Å². The van der Waals surface area contributed by atoms with E-state index in [1.165, 1.54) is 12.4 Å². The number of nitrogens with zero attached hydrogens (tertiary/aromatic N) is 3. The number of nitrogens with one attached hydrogen (secondary N) is 2. The lowest BCUT2D eigenvalue weighted by atomic mass is 10.1. The van der Waals surface area contributed by atoms with Gasteiger partial charge in [0.2, 0.25) is 0 Å². The van der Waals surface area contributed by atoms with E-state index in [9.17, 15) is 9.59 Å². The van der Waals surface area contributed by atoms with Crippen molar-refractivity contribution in [2.45, 2.75) is 5.88 Å². The Morgan fingerprint density at radius 1 is 0.970 bits per heavy atom. The van der Waals surface area contributed by atoms with Crippen LogP contribution in [0.3, 0.4) is 0 Å². The standard InChI is InChI=1S/C22H16Cl3N5O2S/c23-14-3-6-16(7-4-14)28-22(32)18-10-15(24)5-8-19(18)29-21(31)17-2-1-9-33(20(17)25)13-30-12-26-11-27-30/h1-12H,13H2,(H,28,32)(H,29,31). The lowest BCUT2D eigenvalue weighted by molar-refractivity contribution is -0.112. The normalized spacial score (nSPS) is 15.2. The fraction of sp³-hybridized carbons (Fsp3) is 0.0455. The molecule has 2 aromatic carbocycles. The van der Waals surface area contributed by atoms with Gasteiger partial charge < -0.3 is 10.6 Å². The van der Waals surface area contributed by atoms with Gasteiger partial charge in [-0.2, -0.15) is 5.10 Å². The van der Waals surface area contributed by atoms with Crippen molar-refractivity contribution < 1.29 is 9.59 Å². The summed E-state index contributed by atoms with van der Waals surface area (Å²) in [5.41, 5.74) is 1.36. The van der Waals surface area contributed by atoms with E-state index < -0.39 is 22.3 Å². The molecule has 0 aliphatic carbocycles. The monoisotopic (exact) mass is 519 g/mol. The molecular formula is C22H16Cl3N5O2S. The molecule has 0 bridgehead atoms. The number of benzene rings is 2. The zero-order valence-corrected chi connectivity index (χ0v) is 19.9. The number of carbonyl (C=O) groups is 2. The van der Waals surface area contributed by atoms with Gasteiger partial charge in [-0.15, -0.1) is 10.5 Å². The second-order valence-corrected chi connectivity index (χ2v) is 10.1. The van der Waals surface area contributed by atoms with Crippen molar-refractivity contribution in [2.75, 3.05) is 10.6 Å². The predicted octanol–water partition coefficient (Wildman–Crippen LogP) is 5.52. The molecule has 0 radical (unpaired) electrons. The van der Waals surface area contributed by atoms with Crippen molar-refractivity contribution in [3.63, 3.8) is 0 Å². The highest BCUT2D eigenvalue weighted by molar-refractivity contribution is 8.19. The van der Waals surface area contributed by atoms with E-state index in [1.54, 1.807) is 59.6 Å². The van der Waals surface area contributed by atoms with Crippen LogP contribution in [0.15, 0.2) is 78.3 Å². The molecule has 1 atom stereocenters. The summed E-state index contributed by atoms with van der Waals surface area (Å²) >= 11 is 18.6. The Bertz CT molecular complexity index is 1300. The summed E-state index contributed by atoms with van der Waals surface area (Å²) < 4.78 is 2.04. The summed E-state index contributed by atoms with van der Waals surface area (Å²) in [5, 5.41) is 12.4. The Kier molecular flexibility index (Phi) is 7.29. The number of aromatic nitrogens is 3. The molecule has 0 saturated heterocycles. The largest absolute Gasteiger partial charge is 0.322 e. The van der Waals surface area contributed by atoms with Gasteiger partial charge >= 0.3 is 0 Å². The maximum Gasteiger partial charge on any atom is 0.257 e. The summed E-state index contributed by atoms with van der Waals surface area (Å²) in [6, 6.07) is 11.3. The molecule has 4 rings (SSSR count). The topological polar surface area (TPSA) is 88.9 Å². The van der Waals surface area contributed by atoms with Crippen LogP contribution >= 0.6 is 45.3 Å². The zero-order valence-electron chi connectivity index (χ0n) is 16.8. The Balaban J connectivity index is 1.55. The minimum atomic E-state index is -0.552. The molecule has 2 amide bonds. The number of hydrogen-bond donors (Lipinski definition) is 2. The number of anilines is 2. The van der Waals surface area contributed by atoms with Gasteiger partial charge in [0, 0.05) is 15.7 Å². The lowest BCUT2D eigenvalue weighted by Gasteiger charge is -2.16. The second-order valence-electron chi connectivity index (χ2n) is 6.78. The molecule has 11 heteroatoms. The molecule has 1 unspecified atom stereocenters. The van der Waals surface area contributed by atoms with Crippen molar-refractivity contribution in [2.24, 2.45) is 0 Å². The van der Waals surface area contributed by atoms with Crippen molar-refractivity contribution in [1.29, 1.82) is 0 Å². The molecular weight excluding hydrogens is 505 g/mol. The molecule has 168 valence electrons. The van der Waals surface area contributed by atoms with E-state index in [1.807, 2.05) is 5.41 Å². The van der Waals surface area contributed by atoms with Crippen LogP contribution in [0.25, 0.3) is 0 Å². The smallest absolute Gasteiger partial charge is 0.257 e. The molecule has 1 aliphatic rings. The first kappa shape index (κ1) is 23.3. The van der Waals surface area contributed by atoms with E-state index in [-0.39, 0.29) is 5.56 Å². The van der Waals surface area contributed by atoms with Crippen LogP contribution in [0, 0.1) is 0 Å². The molecule has 7 nitrogen and oxygen atoms in total. The van der Waals surface area contributed by atoms with E-state index in [0.29, 0.717) is 37.2 Å². The van der Waals surface area contributed by atoms with Gasteiger partial charge in [-0.3, -0.25) is 9.59 Å². The molecule has 1 aliphatic heterocycles. The highest BCUT2D eigenvalue weighted by Crippen LogP contribution is 2.30. The Labute approximate surface area is 207 Å². The third kappa shape index (κ3) is 5.72. The van der Waals surface area contributed by atoms with Gasteiger partial charge in [-0.05, 0) is 53.9 Å². The Morgan fingerprint density at radius 3 is 2.45 bits per heavy atom. The molecule has 33 heavy (non-hydrogen) atoms. The van der Waals surface area contributed by atoms with Gasteiger partial charge in [0.15, 0.2) is 0 Å². The van der Waals surface area contributed by atoms with Crippen LogP contribution < -0.4 is 10.6 Å². The molecule has 3 aromatic rings. The van der Waals surface area contributed by atoms with Gasteiger partial charge in [0.25, 0.3) is 11.8 Å². The molecule has 0 spiro atoms. The molecule has 0 saturated carbocycles. The number of rotatable bonds is 6.